The van der Waals surface area contributed by atoms with Crippen molar-refractivity contribution in [3.63, 3.8) is 0 Å². The van der Waals surface area contributed by atoms with Crippen LogP contribution in [0.15, 0.2) is 18.2 Å². The number of amides is 1. The number of benzene rings is 1. The van der Waals surface area contributed by atoms with Crippen molar-refractivity contribution in [3.05, 3.63) is 33.8 Å². The maximum atomic E-state index is 12.3. The van der Waals surface area contributed by atoms with Crippen molar-refractivity contribution in [2.24, 2.45) is 5.92 Å². The predicted octanol–water partition coefficient (Wildman–Crippen LogP) is 4.12. The Balaban J connectivity index is 1.97. The first kappa shape index (κ1) is 17.6. The minimum Gasteiger partial charge on any atom is -0.353 e. The molecule has 2 atom stereocenters. The summed E-state index contributed by atoms with van der Waals surface area (Å²) in [5.41, 5.74) is 0.953. The van der Waals surface area contributed by atoms with E-state index in [9.17, 15) is 4.79 Å². The lowest BCUT2D eigenvalue weighted by Gasteiger charge is -2.33. The molecule has 0 aliphatic carbocycles. The van der Waals surface area contributed by atoms with Crippen LogP contribution >= 0.6 is 23.2 Å². The molecule has 122 valence electrons. The topological polar surface area (TPSA) is 32.3 Å². The summed E-state index contributed by atoms with van der Waals surface area (Å²) in [6, 6.07) is 5.81. The molecule has 2 rings (SSSR count). The number of rotatable bonds is 5. The number of carbonyl (C=O) groups is 1. The van der Waals surface area contributed by atoms with Crippen LogP contribution in [0.4, 0.5) is 0 Å². The Morgan fingerprint density at radius 3 is 2.73 bits per heavy atom. The first-order chi connectivity index (χ1) is 10.5. The lowest BCUT2D eigenvalue weighted by molar-refractivity contribution is -0.127. The molecule has 0 bridgehead atoms. The van der Waals surface area contributed by atoms with Crippen LogP contribution in [0.5, 0.6) is 0 Å². The van der Waals surface area contributed by atoms with Crippen LogP contribution in [0, 0.1) is 5.92 Å². The van der Waals surface area contributed by atoms with E-state index in [-0.39, 0.29) is 17.9 Å². The van der Waals surface area contributed by atoms with Crippen molar-refractivity contribution in [1.82, 2.24) is 10.2 Å². The lowest BCUT2D eigenvalue weighted by atomic mass is 9.96. The number of hydrogen-bond acceptors (Lipinski definition) is 2. The quantitative estimate of drug-likeness (QED) is 0.872. The number of carbonyl (C=O) groups excluding carboxylic acids is 1. The fourth-order valence-electron chi connectivity index (χ4n) is 2.78. The normalized spacial score (nSPS) is 20.6. The van der Waals surface area contributed by atoms with Crippen molar-refractivity contribution in [2.45, 2.75) is 45.7 Å². The van der Waals surface area contributed by atoms with Gasteiger partial charge < -0.3 is 5.32 Å². The SMILES string of the molecule is CC[C@H](C)NC(=O)[C@H]1CCCN(Cc2c(Cl)cccc2Cl)C1. The summed E-state index contributed by atoms with van der Waals surface area (Å²) >= 11 is 12.5. The van der Waals surface area contributed by atoms with E-state index in [4.69, 9.17) is 23.2 Å². The maximum absolute atomic E-state index is 12.3. The largest absolute Gasteiger partial charge is 0.353 e. The second-order valence-electron chi connectivity index (χ2n) is 6.09. The minimum atomic E-state index is 0.0593. The Kier molecular flexibility index (Phi) is 6.54. The zero-order valence-electron chi connectivity index (χ0n) is 13.2. The van der Waals surface area contributed by atoms with Crippen LogP contribution in [0.2, 0.25) is 10.0 Å². The Bertz CT molecular complexity index is 501. The molecule has 1 saturated heterocycles. The number of halogens is 2. The highest BCUT2D eigenvalue weighted by Gasteiger charge is 2.27. The molecular weight excluding hydrogens is 319 g/mol. The molecule has 1 aliphatic heterocycles. The van der Waals surface area contributed by atoms with Gasteiger partial charge in [0.2, 0.25) is 5.91 Å². The number of likely N-dealkylation sites (tertiary alicyclic amines) is 1. The molecule has 1 aliphatic rings. The highest BCUT2D eigenvalue weighted by Crippen LogP contribution is 2.27. The van der Waals surface area contributed by atoms with Gasteiger partial charge in [-0.1, -0.05) is 36.2 Å². The summed E-state index contributed by atoms with van der Waals surface area (Å²) < 4.78 is 0. The van der Waals surface area contributed by atoms with Crippen LogP contribution in [0.25, 0.3) is 0 Å². The fraction of sp³-hybridized carbons (Fsp3) is 0.588. The van der Waals surface area contributed by atoms with Gasteiger partial charge in [0.15, 0.2) is 0 Å². The summed E-state index contributed by atoms with van der Waals surface area (Å²) in [7, 11) is 0. The second kappa shape index (κ2) is 8.19. The lowest BCUT2D eigenvalue weighted by Crippen LogP contribution is -2.44. The van der Waals surface area contributed by atoms with Crippen molar-refractivity contribution in [1.29, 1.82) is 0 Å². The van der Waals surface area contributed by atoms with Gasteiger partial charge in [-0.2, -0.15) is 0 Å². The molecule has 0 saturated carbocycles. The molecule has 0 spiro atoms. The molecule has 0 aromatic heterocycles. The van der Waals surface area contributed by atoms with E-state index < -0.39 is 0 Å². The molecule has 0 radical (unpaired) electrons. The van der Waals surface area contributed by atoms with Crippen molar-refractivity contribution >= 4 is 29.1 Å². The predicted molar refractivity (Wildman–Crippen MR) is 92.4 cm³/mol. The van der Waals surface area contributed by atoms with E-state index in [2.05, 4.69) is 17.1 Å². The van der Waals surface area contributed by atoms with Gasteiger partial charge in [0.05, 0.1) is 5.92 Å². The summed E-state index contributed by atoms with van der Waals surface area (Å²) in [6.45, 7) is 6.57. The molecule has 1 N–H and O–H groups in total. The van der Waals surface area contributed by atoms with E-state index in [0.29, 0.717) is 16.6 Å². The molecule has 3 nitrogen and oxygen atoms in total. The van der Waals surface area contributed by atoms with Crippen LogP contribution < -0.4 is 5.32 Å². The molecule has 5 heteroatoms. The van der Waals surface area contributed by atoms with Gasteiger partial charge in [0.25, 0.3) is 0 Å². The van der Waals surface area contributed by atoms with E-state index in [0.717, 1.165) is 37.9 Å². The molecule has 1 amide bonds. The van der Waals surface area contributed by atoms with Crippen LogP contribution in [-0.2, 0) is 11.3 Å². The van der Waals surface area contributed by atoms with Gasteiger partial charge in [0.1, 0.15) is 0 Å². The smallest absolute Gasteiger partial charge is 0.224 e. The van der Waals surface area contributed by atoms with Gasteiger partial charge in [0, 0.05) is 34.7 Å². The summed E-state index contributed by atoms with van der Waals surface area (Å²) in [5.74, 6) is 0.230. The first-order valence-electron chi connectivity index (χ1n) is 7.96. The van der Waals surface area contributed by atoms with Crippen molar-refractivity contribution in [2.75, 3.05) is 13.1 Å². The monoisotopic (exact) mass is 342 g/mol. The zero-order chi connectivity index (χ0) is 16.1. The van der Waals surface area contributed by atoms with E-state index in [1.165, 1.54) is 0 Å². The fourth-order valence-corrected chi connectivity index (χ4v) is 3.30. The number of nitrogens with one attached hydrogen (secondary N) is 1. The average Bonchev–Trinajstić information content (AvgIpc) is 2.51. The Hall–Kier alpha value is -0.770. The van der Waals surface area contributed by atoms with Crippen molar-refractivity contribution in [3.8, 4) is 0 Å². The molecule has 0 unspecified atom stereocenters. The average molecular weight is 343 g/mol. The maximum Gasteiger partial charge on any atom is 0.224 e. The molecular formula is C17H24Cl2N2O. The highest BCUT2D eigenvalue weighted by atomic mass is 35.5. The Morgan fingerprint density at radius 1 is 1.41 bits per heavy atom. The molecule has 1 aromatic rings. The van der Waals surface area contributed by atoms with Gasteiger partial charge >= 0.3 is 0 Å². The van der Waals surface area contributed by atoms with Crippen molar-refractivity contribution < 1.29 is 4.79 Å². The zero-order valence-corrected chi connectivity index (χ0v) is 14.8. The third-order valence-corrected chi connectivity index (χ3v) is 5.03. The molecule has 1 fully saturated rings. The van der Waals surface area contributed by atoms with Crippen LogP contribution in [0.3, 0.4) is 0 Å². The minimum absolute atomic E-state index is 0.0593. The van der Waals surface area contributed by atoms with Gasteiger partial charge in [-0.25, -0.2) is 0 Å². The molecule has 1 aromatic carbocycles. The third kappa shape index (κ3) is 4.61. The first-order valence-corrected chi connectivity index (χ1v) is 8.72. The van der Waals surface area contributed by atoms with E-state index >= 15 is 0 Å². The summed E-state index contributed by atoms with van der Waals surface area (Å²) in [5, 5.41) is 4.48. The molecule has 22 heavy (non-hydrogen) atoms. The van der Waals surface area contributed by atoms with Gasteiger partial charge in [-0.15, -0.1) is 0 Å². The van der Waals surface area contributed by atoms with Crippen LogP contribution in [0.1, 0.15) is 38.7 Å². The number of hydrogen-bond donors (Lipinski definition) is 1. The van der Waals surface area contributed by atoms with Gasteiger partial charge in [-0.3, -0.25) is 9.69 Å². The molecule has 1 heterocycles. The number of piperidine rings is 1. The highest BCUT2D eigenvalue weighted by molar-refractivity contribution is 6.35. The third-order valence-electron chi connectivity index (χ3n) is 4.32. The van der Waals surface area contributed by atoms with E-state index in [1.54, 1.807) is 0 Å². The van der Waals surface area contributed by atoms with E-state index in [1.807, 2.05) is 25.1 Å². The van der Waals surface area contributed by atoms with Gasteiger partial charge in [-0.05, 0) is 44.9 Å². The second-order valence-corrected chi connectivity index (χ2v) is 6.91. The standard InChI is InChI=1S/C17H24Cl2N2O/c1-3-12(2)20-17(22)13-6-5-9-21(10-13)11-14-15(18)7-4-8-16(14)19/h4,7-8,12-13H,3,5-6,9-11H2,1-2H3,(H,20,22)/t12-,13-/m0/s1. The Labute approximate surface area is 143 Å². The summed E-state index contributed by atoms with van der Waals surface area (Å²) in [4.78, 5) is 14.6. The Morgan fingerprint density at radius 2 is 2.09 bits per heavy atom. The summed E-state index contributed by atoms with van der Waals surface area (Å²) in [6.07, 6.45) is 2.94. The number of nitrogens with zero attached hydrogens (tertiary/aromatic N) is 1. The van der Waals surface area contributed by atoms with Crippen LogP contribution in [-0.4, -0.2) is 29.9 Å².